The van der Waals surface area contributed by atoms with Gasteiger partial charge in [0.2, 0.25) is 0 Å². The molecule has 0 heterocycles. The van der Waals surface area contributed by atoms with E-state index < -0.39 is 24.5 Å². The lowest BCUT2D eigenvalue weighted by Crippen LogP contribution is -2.16. The van der Waals surface area contributed by atoms with Crippen molar-refractivity contribution in [2.24, 2.45) is 5.73 Å². The van der Waals surface area contributed by atoms with Gasteiger partial charge in [-0.2, -0.15) is 13.2 Å². The molecule has 5 heteroatoms. The largest absolute Gasteiger partial charge is 0.389 e. The van der Waals surface area contributed by atoms with Gasteiger partial charge >= 0.3 is 6.18 Å². The molecule has 0 aliphatic rings. The van der Waals surface area contributed by atoms with Gasteiger partial charge in [0.05, 0.1) is 0 Å². The highest BCUT2D eigenvalue weighted by Gasteiger charge is 2.28. The average molecular weight is 271 g/mol. The van der Waals surface area contributed by atoms with Gasteiger partial charge in [-0.15, -0.1) is 0 Å². The molecule has 2 N–H and O–H groups in total. The summed E-state index contributed by atoms with van der Waals surface area (Å²) in [7, 11) is 0. The zero-order chi connectivity index (χ0) is 14.0. The second-order valence-corrected chi connectivity index (χ2v) is 4.44. The van der Waals surface area contributed by atoms with Crippen molar-refractivity contribution in [3.63, 3.8) is 0 Å². The van der Waals surface area contributed by atoms with Gasteiger partial charge in [-0.05, 0) is 23.4 Å². The first-order valence-corrected chi connectivity index (χ1v) is 5.88. The maximum absolute atomic E-state index is 13.6. The first-order valence-electron chi connectivity index (χ1n) is 5.88. The van der Waals surface area contributed by atoms with E-state index in [1.165, 1.54) is 12.1 Å². The topological polar surface area (TPSA) is 26.0 Å². The van der Waals surface area contributed by atoms with Crippen LogP contribution < -0.4 is 5.73 Å². The van der Waals surface area contributed by atoms with E-state index in [0.29, 0.717) is 16.3 Å². The number of alkyl halides is 3. The SMILES string of the molecule is NC(CCC(F)(F)F)c1ccc(F)c2ccccc12. The molecule has 1 atom stereocenters. The quantitative estimate of drug-likeness (QED) is 0.826. The van der Waals surface area contributed by atoms with Gasteiger partial charge < -0.3 is 5.73 Å². The summed E-state index contributed by atoms with van der Waals surface area (Å²) >= 11 is 0. The lowest BCUT2D eigenvalue weighted by atomic mass is 9.96. The molecule has 2 aromatic carbocycles. The van der Waals surface area contributed by atoms with E-state index in [1.807, 2.05) is 0 Å². The molecule has 2 rings (SSSR count). The normalized spacial score (nSPS) is 13.7. The lowest BCUT2D eigenvalue weighted by Gasteiger charge is -2.16. The predicted octanol–water partition coefficient (Wildman–Crippen LogP) is 4.32. The molecule has 0 amide bonds. The maximum atomic E-state index is 13.6. The minimum Gasteiger partial charge on any atom is -0.324 e. The summed E-state index contributed by atoms with van der Waals surface area (Å²) in [5.74, 6) is -0.401. The summed E-state index contributed by atoms with van der Waals surface area (Å²) in [6.07, 6.45) is -5.38. The number of hydrogen-bond acceptors (Lipinski definition) is 1. The Bertz CT molecular complexity index is 577. The molecule has 2 aromatic rings. The van der Waals surface area contributed by atoms with Crippen LogP contribution >= 0.6 is 0 Å². The minimum absolute atomic E-state index is 0.209. The Hall–Kier alpha value is -1.62. The monoisotopic (exact) mass is 271 g/mol. The molecule has 19 heavy (non-hydrogen) atoms. The molecule has 0 spiro atoms. The molecule has 0 fully saturated rings. The van der Waals surface area contributed by atoms with Crippen LogP contribution in [-0.2, 0) is 0 Å². The number of halogens is 4. The van der Waals surface area contributed by atoms with E-state index in [2.05, 4.69) is 0 Å². The first kappa shape index (κ1) is 13.8. The van der Waals surface area contributed by atoms with E-state index in [0.717, 1.165) is 0 Å². The summed E-state index contributed by atoms with van der Waals surface area (Å²) in [5.41, 5.74) is 6.34. The lowest BCUT2D eigenvalue weighted by molar-refractivity contribution is -0.136. The Morgan fingerprint density at radius 1 is 1.00 bits per heavy atom. The fourth-order valence-electron chi connectivity index (χ4n) is 2.08. The Labute approximate surface area is 108 Å². The van der Waals surface area contributed by atoms with Crippen molar-refractivity contribution in [1.29, 1.82) is 0 Å². The second-order valence-electron chi connectivity index (χ2n) is 4.44. The van der Waals surface area contributed by atoms with Crippen LogP contribution in [0, 0.1) is 5.82 Å². The van der Waals surface area contributed by atoms with Crippen LogP contribution in [0.15, 0.2) is 36.4 Å². The van der Waals surface area contributed by atoms with E-state index in [4.69, 9.17) is 5.73 Å². The molecule has 1 unspecified atom stereocenters. The molecule has 0 saturated carbocycles. The highest BCUT2D eigenvalue weighted by molar-refractivity contribution is 5.86. The van der Waals surface area contributed by atoms with Crippen LogP contribution in [0.2, 0.25) is 0 Å². The third kappa shape index (κ3) is 3.23. The summed E-state index contributed by atoms with van der Waals surface area (Å²) in [6.45, 7) is 0. The van der Waals surface area contributed by atoms with Crippen LogP contribution in [0.1, 0.15) is 24.4 Å². The van der Waals surface area contributed by atoms with Gasteiger partial charge in [-0.3, -0.25) is 0 Å². The highest BCUT2D eigenvalue weighted by Crippen LogP contribution is 2.30. The number of rotatable bonds is 3. The van der Waals surface area contributed by atoms with Crippen molar-refractivity contribution in [3.8, 4) is 0 Å². The molecular formula is C14H13F4N. The first-order chi connectivity index (χ1) is 8.88. The summed E-state index contributed by atoms with van der Waals surface area (Å²) < 4.78 is 50.2. The van der Waals surface area contributed by atoms with Crippen molar-refractivity contribution in [2.45, 2.75) is 25.1 Å². The smallest absolute Gasteiger partial charge is 0.324 e. The van der Waals surface area contributed by atoms with Crippen LogP contribution in [0.4, 0.5) is 17.6 Å². The van der Waals surface area contributed by atoms with Crippen LogP contribution in [-0.4, -0.2) is 6.18 Å². The zero-order valence-electron chi connectivity index (χ0n) is 10.0. The van der Waals surface area contributed by atoms with E-state index in [9.17, 15) is 17.6 Å². The maximum Gasteiger partial charge on any atom is 0.389 e. The van der Waals surface area contributed by atoms with E-state index >= 15 is 0 Å². The second kappa shape index (κ2) is 5.17. The van der Waals surface area contributed by atoms with Crippen molar-refractivity contribution < 1.29 is 17.6 Å². The number of nitrogens with two attached hydrogens (primary N) is 1. The third-order valence-electron chi connectivity index (χ3n) is 3.04. The highest BCUT2D eigenvalue weighted by atomic mass is 19.4. The Balaban J connectivity index is 2.32. The van der Waals surface area contributed by atoms with Gasteiger partial charge in [0.15, 0.2) is 0 Å². The van der Waals surface area contributed by atoms with Gasteiger partial charge in [-0.1, -0.05) is 30.3 Å². The van der Waals surface area contributed by atoms with Gasteiger partial charge in [0, 0.05) is 17.8 Å². The molecule has 0 saturated heterocycles. The fourth-order valence-corrected chi connectivity index (χ4v) is 2.08. The van der Waals surface area contributed by atoms with E-state index in [-0.39, 0.29) is 6.42 Å². The Morgan fingerprint density at radius 3 is 2.26 bits per heavy atom. The zero-order valence-corrected chi connectivity index (χ0v) is 10.0. The molecule has 1 nitrogen and oxygen atoms in total. The minimum atomic E-state index is -4.23. The summed E-state index contributed by atoms with van der Waals surface area (Å²) in [6, 6.07) is 8.58. The van der Waals surface area contributed by atoms with Crippen molar-refractivity contribution >= 4 is 10.8 Å². The molecule has 0 aliphatic carbocycles. The molecular weight excluding hydrogens is 258 g/mol. The van der Waals surface area contributed by atoms with Crippen LogP contribution in [0.25, 0.3) is 10.8 Å². The van der Waals surface area contributed by atoms with Crippen LogP contribution in [0.3, 0.4) is 0 Å². The van der Waals surface area contributed by atoms with Gasteiger partial charge in [0.25, 0.3) is 0 Å². The van der Waals surface area contributed by atoms with Crippen molar-refractivity contribution in [3.05, 3.63) is 47.8 Å². The molecule has 102 valence electrons. The van der Waals surface area contributed by atoms with E-state index in [1.54, 1.807) is 24.3 Å². The predicted molar refractivity (Wildman–Crippen MR) is 66.1 cm³/mol. The molecule has 0 bridgehead atoms. The Kier molecular flexibility index (Phi) is 3.75. The molecule has 0 radical (unpaired) electrons. The number of fused-ring (bicyclic) bond motifs is 1. The standard InChI is InChI=1S/C14H13F4N/c15-12-6-5-11(9-3-1-2-4-10(9)12)13(19)7-8-14(16,17)18/h1-6,13H,7-8,19H2. The van der Waals surface area contributed by atoms with Crippen LogP contribution in [0.5, 0.6) is 0 Å². The Morgan fingerprint density at radius 2 is 1.63 bits per heavy atom. The fraction of sp³-hybridized carbons (Fsp3) is 0.286. The van der Waals surface area contributed by atoms with Gasteiger partial charge in [-0.25, -0.2) is 4.39 Å². The molecule has 0 aromatic heterocycles. The number of hydrogen-bond donors (Lipinski definition) is 1. The average Bonchev–Trinajstić information content (AvgIpc) is 2.36. The summed E-state index contributed by atoms with van der Waals surface area (Å²) in [4.78, 5) is 0. The molecule has 0 aliphatic heterocycles. The van der Waals surface area contributed by atoms with Crippen molar-refractivity contribution in [2.75, 3.05) is 0 Å². The van der Waals surface area contributed by atoms with Crippen molar-refractivity contribution in [1.82, 2.24) is 0 Å². The van der Waals surface area contributed by atoms with Gasteiger partial charge in [0.1, 0.15) is 5.82 Å². The number of benzene rings is 2. The summed E-state index contributed by atoms with van der Waals surface area (Å²) in [5, 5.41) is 0.944. The third-order valence-corrected chi connectivity index (χ3v) is 3.04.